The van der Waals surface area contributed by atoms with Crippen LogP contribution in [-0.2, 0) is 0 Å². The van der Waals surface area contributed by atoms with Crippen molar-refractivity contribution in [1.29, 1.82) is 0 Å². The van der Waals surface area contributed by atoms with Gasteiger partial charge in [0.05, 0.1) is 14.2 Å². The fraction of sp³-hybridized carbons (Fsp3) is 0.0417. The summed E-state index contributed by atoms with van der Waals surface area (Å²) < 4.78 is 16.3. The number of methoxy groups -OCH3 is 2. The lowest BCUT2D eigenvalue weighted by Gasteiger charge is -2.16. The van der Waals surface area contributed by atoms with Crippen LogP contribution in [0, 0.1) is 0 Å². The Morgan fingerprint density at radius 3 is 1.17 bits per heavy atom. The number of rotatable bonds is 4. The largest absolute Gasteiger partial charge is 0.497 e. The zero-order valence-electron chi connectivity index (χ0n) is 28.5. The second kappa shape index (κ2) is 11.3. The van der Waals surface area contributed by atoms with Crippen molar-refractivity contribution in [2.24, 2.45) is 0 Å². The van der Waals surface area contributed by atoms with Gasteiger partial charge in [0.15, 0.2) is 0 Å². The van der Waals surface area contributed by atoms with Crippen LogP contribution in [-0.4, -0.2) is 14.2 Å². The van der Waals surface area contributed by atoms with Crippen molar-refractivity contribution in [1.82, 2.24) is 0 Å². The van der Waals surface area contributed by atoms with E-state index in [1.165, 1.54) is 106 Å². The minimum Gasteiger partial charge on any atom is -0.497 e. The molecule has 2 nitrogen and oxygen atoms in total. The molecule has 0 spiro atoms. The van der Waals surface area contributed by atoms with Crippen LogP contribution in [0.1, 0.15) is 0 Å². The van der Waals surface area contributed by atoms with E-state index in [2.05, 4.69) is 146 Å². The quantitative estimate of drug-likeness (QED) is 0.134. The van der Waals surface area contributed by atoms with Gasteiger partial charge in [0, 0.05) is 40.3 Å². The maximum absolute atomic E-state index is 5.55. The average Bonchev–Trinajstić information content (AvgIpc) is 3.75. The number of hydrogen-bond acceptors (Lipinski definition) is 4. The van der Waals surface area contributed by atoms with Crippen molar-refractivity contribution in [2.75, 3.05) is 14.2 Å². The van der Waals surface area contributed by atoms with Crippen LogP contribution in [0.5, 0.6) is 11.5 Å². The van der Waals surface area contributed by atoms with E-state index in [1.54, 1.807) is 14.2 Å². The van der Waals surface area contributed by atoms with Gasteiger partial charge in [-0.2, -0.15) is 0 Å². The van der Waals surface area contributed by atoms with Crippen molar-refractivity contribution in [3.05, 3.63) is 146 Å². The summed E-state index contributed by atoms with van der Waals surface area (Å²) in [5, 5.41) is 15.3. The third-order valence-electron chi connectivity index (χ3n) is 10.8. The first-order chi connectivity index (χ1) is 25.6. The van der Waals surface area contributed by atoms with Gasteiger partial charge in [0.2, 0.25) is 0 Å². The summed E-state index contributed by atoms with van der Waals surface area (Å²) in [4.78, 5) is 0. The van der Waals surface area contributed by atoms with Gasteiger partial charge in [-0.05, 0) is 150 Å². The Bertz CT molecular complexity index is 3020. The molecule has 2 heterocycles. The predicted octanol–water partition coefficient (Wildman–Crippen LogP) is 14.4. The van der Waals surface area contributed by atoms with Crippen LogP contribution >= 0.6 is 22.7 Å². The zero-order chi connectivity index (χ0) is 34.5. The van der Waals surface area contributed by atoms with Crippen LogP contribution in [0.3, 0.4) is 0 Å². The van der Waals surface area contributed by atoms with Crippen molar-refractivity contribution in [3.63, 3.8) is 0 Å². The van der Waals surface area contributed by atoms with Gasteiger partial charge in [0.25, 0.3) is 0 Å². The lowest BCUT2D eigenvalue weighted by atomic mass is 9.88. The van der Waals surface area contributed by atoms with E-state index in [1.807, 2.05) is 22.7 Å². The molecule has 0 radical (unpaired) electrons. The summed E-state index contributed by atoms with van der Waals surface area (Å²) in [5.74, 6) is 1.72. The van der Waals surface area contributed by atoms with Gasteiger partial charge in [-0.15, -0.1) is 22.7 Å². The SMILES string of the molecule is COc1ccc(-c2cc3cc4c(cc(-c5ccc(OC)cc5)c5cc6c(cc54)sc4ccccc46)cc3c3cc4sc5ccccc5c4cc23)cc1. The summed E-state index contributed by atoms with van der Waals surface area (Å²) in [6, 6.07) is 53.9. The highest BCUT2D eigenvalue weighted by Gasteiger charge is 2.18. The second-order valence-corrected chi connectivity index (χ2v) is 15.8. The second-order valence-electron chi connectivity index (χ2n) is 13.6. The third kappa shape index (κ3) is 4.41. The molecule has 9 aromatic carbocycles. The van der Waals surface area contributed by atoms with Crippen molar-refractivity contribution in [3.8, 4) is 33.8 Å². The highest BCUT2D eigenvalue weighted by Crippen LogP contribution is 2.46. The van der Waals surface area contributed by atoms with E-state index < -0.39 is 0 Å². The predicted molar refractivity (Wildman–Crippen MR) is 226 cm³/mol. The topological polar surface area (TPSA) is 18.5 Å². The van der Waals surface area contributed by atoms with Gasteiger partial charge in [-0.1, -0.05) is 60.7 Å². The Kier molecular flexibility index (Phi) is 6.46. The molecule has 52 heavy (non-hydrogen) atoms. The molecule has 0 N–H and O–H groups in total. The minimum absolute atomic E-state index is 0.859. The molecule has 0 aliphatic heterocycles. The Morgan fingerprint density at radius 1 is 0.327 bits per heavy atom. The van der Waals surface area contributed by atoms with E-state index in [-0.39, 0.29) is 0 Å². The van der Waals surface area contributed by atoms with Gasteiger partial charge in [-0.3, -0.25) is 0 Å². The Hall–Kier alpha value is -5.94. The number of hydrogen-bond donors (Lipinski definition) is 0. The standard InChI is InChI=1S/C48H30O2S2/c1-49-31-15-11-27(12-16-31)35-19-29-21-38-30(22-37(29)41-25-47-43(23-39(35)41)33-7-3-5-9-45(33)51-47)20-36(28-13-17-32(50-2)18-14-28)40-24-44-34-8-4-6-10-46(34)52-48(44)26-42(38)40/h3-26H,1-2H3. The Labute approximate surface area is 307 Å². The Morgan fingerprint density at radius 2 is 0.750 bits per heavy atom. The molecular formula is C48H30O2S2. The molecule has 2 aromatic heterocycles. The summed E-state index contributed by atoms with van der Waals surface area (Å²) >= 11 is 3.75. The van der Waals surface area contributed by atoms with Crippen LogP contribution in [0.2, 0.25) is 0 Å². The molecule has 4 heteroatoms. The molecule has 0 saturated carbocycles. The van der Waals surface area contributed by atoms with Gasteiger partial charge >= 0.3 is 0 Å². The molecule has 0 unspecified atom stereocenters. The molecule has 11 rings (SSSR count). The summed E-state index contributed by atoms with van der Waals surface area (Å²) in [5.41, 5.74) is 4.82. The number of thiophene rings is 2. The molecule has 246 valence electrons. The normalized spacial score (nSPS) is 12.0. The molecule has 0 saturated heterocycles. The summed E-state index contributed by atoms with van der Waals surface area (Å²) in [6.45, 7) is 0. The van der Waals surface area contributed by atoms with Crippen LogP contribution < -0.4 is 9.47 Å². The Balaban J connectivity index is 1.28. The molecule has 0 bridgehead atoms. The lowest BCUT2D eigenvalue weighted by molar-refractivity contribution is 0.415. The van der Waals surface area contributed by atoms with E-state index in [4.69, 9.17) is 9.47 Å². The van der Waals surface area contributed by atoms with Gasteiger partial charge in [0.1, 0.15) is 11.5 Å². The van der Waals surface area contributed by atoms with E-state index in [9.17, 15) is 0 Å². The monoisotopic (exact) mass is 702 g/mol. The molecule has 0 atom stereocenters. The third-order valence-corrected chi connectivity index (χ3v) is 13.1. The maximum Gasteiger partial charge on any atom is 0.118 e. The van der Waals surface area contributed by atoms with Gasteiger partial charge in [-0.25, -0.2) is 0 Å². The number of benzene rings is 9. The first-order valence-corrected chi connectivity index (χ1v) is 19.1. The van der Waals surface area contributed by atoms with E-state index in [0.717, 1.165) is 11.5 Å². The van der Waals surface area contributed by atoms with Crippen LogP contribution in [0.25, 0.3) is 106 Å². The summed E-state index contributed by atoms with van der Waals surface area (Å²) in [6.07, 6.45) is 0. The molecular weight excluding hydrogens is 673 g/mol. The van der Waals surface area contributed by atoms with E-state index in [0.29, 0.717) is 0 Å². The van der Waals surface area contributed by atoms with Crippen molar-refractivity contribution < 1.29 is 9.47 Å². The molecule has 0 aliphatic carbocycles. The maximum atomic E-state index is 5.55. The lowest BCUT2D eigenvalue weighted by Crippen LogP contribution is -1.89. The minimum atomic E-state index is 0.859. The van der Waals surface area contributed by atoms with Gasteiger partial charge < -0.3 is 9.47 Å². The highest BCUT2D eigenvalue weighted by molar-refractivity contribution is 7.26. The van der Waals surface area contributed by atoms with Crippen LogP contribution in [0.4, 0.5) is 0 Å². The average molecular weight is 703 g/mol. The first kappa shape index (κ1) is 29.8. The van der Waals surface area contributed by atoms with Crippen molar-refractivity contribution in [2.45, 2.75) is 0 Å². The van der Waals surface area contributed by atoms with Crippen molar-refractivity contribution >= 4 is 106 Å². The molecule has 0 fully saturated rings. The fourth-order valence-corrected chi connectivity index (χ4v) is 10.5. The number of ether oxygens (including phenoxy) is 2. The zero-order valence-corrected chi connectivity index (χ0v) is 30.1. The molecule has 0 aliphatic rings. The smallest absolute Gasteiger partial charge is 0.118 e. The highest BCUT2D eigenvalue weighted by atomic mass is 32.1. The number of fused-ring (bicyclic) bond motifs is 12. The van der Waals surface area contributed by atoms with E-state index >= 15 is 0 Å². The first-order valence-electron chi connectivity index (χ1n) is 17.5. The van der Waals surface area contributed by atoms with Crippen LogP contribution in [0.15, 0.2) is 146 Å². The summed E-state index contributed by atoms with van der Waals surface area (Å²) in [7, 11) is 3.45. The molecule has 11 aromatic rings. The molecule has 0 amide bonds. The fourth-order valence-electron chi connectivity index (χ4n) is 8.26.